The Labute approximate surface area is 80.5 Å². The van der Waals surface area contributed by atoms with Crippen molar-refractivity contribution in [1.29, 1.82) is 0 Å². The number of fused-ring (bicyclic) bond motifs is 1. The Balaban J connectivity index is 0.000000531. The molecule has 0 radical (unpaired) electrons. The van der Waals surface area contributed by atoms with E-state index in [1.807, 2.05) is 38.1 Å². The predicted octanol–water partition coefficient (Wildman–Crippen LogP) is 3.40. The molecule has 0 atom stereocenters. The number of imidazole rings is 1. The molecule has 1 heterocycles. The lowest BCUT2D eigenvalue weighted by Crippen LogP contribution is -1.79. The standard InChI is InChI=1S/C9H10N2.C2H6.H2/c1-2-9-10-7-5-3-4-6-8(7)11-9;1-2;/h3-6H,2H2,1H3,(H,10,11);1-2H3;1H. The first kappa shape index (κ1) is 9.78. The van der Waals surface area contributed by atoms with Gasteiger partial charge in [0.15, 0.2) is 0 Å². The van der Waals surface area contributed by atoms with Crippen LogP contribution in [0.4, 0.5) is 0 Å². The molecule has 1 N–H and O–H groups in total. The van der Waals surface area contributed by atoms with E-state index in [9.17, 15) is 0 Å². The summed E-state index contributed by atoms with van der Waals surface area (Å²) in [6.45, 7) is 6.09. The van der Waals surface area contributed by atoms with Gasteiger partial charge in [-0.2, -0.15) is 0 Å². The summed E-state index contributed by atoms with van der Waals surface area (Å²) in [4.78, 5) is 7.61. The van der Waals surface area contributed by atoms with Gasteiger partial charge >= 0.3 is 0 Å². The predicted molar refractivity (Wildman–Crippen MR) is 58.9 cm³/mol. The third-order valence-electron chi connectivity index (χ3n) is 1.77. The molecule has 2 aromatic rings. The third-order valence-corrected chi connectivity index (χ3v) is 1.77. The first-order valence-electron chi connectivity index (χ1n) is 4.84. The van der Waals surface area contributed by atoms with Crippen LogP contribution < -0.4 is 0 Å². The van der Waals surface area contributed by atoms with Gasteiger partial charge in [0.1, 0.15) is 5.82 Å². The van der Waals surface area contributed by atoms with Crippen molar-refractivity contribution in [2.24, 2.45) is 0 Å². The summed E-state index contributed by atoms with van der Waals surface area (Å²) in [5, 5.41) is 0. The summed E-state index contributed by atoms with van der Waals surface area (Å²) in [5.41, 5.74) is 2.19. The Kier molecular flexibility index (Phi) is 3.50. The smallest absolute Gasteiger partial charge is 0.106 e. The van der Waals surface area contributed by atoms with Crippen molar-refractivity contribution in [3.8, 4) is 0 Å². The topological polar surface area (TPSA) is 28.7 Å². The van der Waals surface area contributed by atoms with Crippen molar-refractivity contribution >= 4 is 11.0 Å². The van der Waals surface area contributed by atoms with E-state index in [4.69, 9.17) is 0 Å². The van der Waals surface area contributed by atoms with E-state index in [1.165, 1.54) is 0 Å². The van der Waals surface area contributed by atoms with E-state index in [0.29, 0.717) is 0 Å². The fourth-order valence-corrected chi connectivity index (χ4v) is 1.17. The fourth-order valence-electron chi connectivity index (χ4n) is 1.17. The molecule has 1 aromatic carbocycles. The highest BCUT2D eigenvalue weighted by Gasteiger charge is 1.97. The molecule has 2 heteroatoms. The van der Waals surface area contributed by atoms with Crippen LogP contribution in [0.2, 0.25) is 0 Å². The Hall–Kier alpha value is -1.31. The lowest BCUT2D eigenvalue weighted by atomic mass is 10.3. The van der Waals surface area contributed by atoms with Crippen molar-refractivity contribution in [3.63, 3.8) is 0 Å². The maximum atomic E-state index is 4.38. The van der Waals surface area contributed by atoms with Gasteiger partial charge in [-0.1, -0.05) is 32.9 Å². The summed E-state index contributed by atoms with van der Waals surface area (Å²) < 4.78 is 0. The van der Waals surface area contributed by atoms with Gasteiger partial charge in [0.2, 0.25) is 0 Å². The second kappa shape index (κ2) is 4.65. The summed E-state index contributed by atoms with van der Waals surface area (Å²) in [6, 6.07) is 8.08. The van der Waals surface area contributed by atoms with Gasteiger partial charge in [0, 0.05) is 7.85 Å². The average Bonchev–Trinajstić information content (AvgIpc) is 2.63. The highest BCUT2D eigenvalue weighted by atomic mass is 14.9. The molecule has 0 spiro atoms. The number of aromatic amines is 1. The second-order valence-electron chi connectivity index (χ2n) is 2.55. The lowest BCUT2D eigenvalue weighted by Gasteiger charge is -1.82. The van der Waals surface area contributed by atoms with Crippen molar-refractivity contribution in [3.05, 3.63) is 30.1 Å². The van der Waals surface area contributed by atoms with Gasteiger partial charge in [-0.3, -0.25) is 0 Å². The number of rotatable bonds is 1. The molecule has 1 aromatic heterocycles. The van der Waals surface area contributed by atoms with Crippen LogP contribution in [0.15, 0.2) is 24.3 Å². The Morgan fingerprint density at radius 2 is 2.00 bits per heavy atom. The molecule has 0 unspecified atom stereocenters. The zero-order valence-electron chi connectivity index (χ0n) is 8.46. The lowest BCUT2D eigenvalue weighted by molar-refractivity contribution is 1.00. The number of benzene rings is 1. The maximum Gasteiger partial charge on any atom is 0.106 e. The van der Waals surface area contributed by atoms with Crippen LogP contribution in [-0.4, -0.2) is 9.97 Å². The first-order valence-corrected chi connectivity index (χ1v) is 4.84. The number of hydrogen-bond acceptors (Lipinski definition) is 1. The molecule has 2 nitrogen and oxygen atoms in total. The highest BCUT2D eigenvalue weighted by molar-refractivity contribution is 5.74. The van der Waals surface area contributed by atoms with E-state index in [-0.39, 0.29) is 1.43 Å². The number of aromatic nitrogens is 2. The van der Waals surface area contributed by atoms with Gasteiger partial charge in [-0.25, -0.2) is 4.98 Å². The quantitative estimate of drug-likeness (QED) is 0.712. The normalized spacial score (nSPS) is 9.46. The molecule has 0 aliphatic carbocycles. The first-order chi connectivity index (χ1) is 6.40. The number of nitrogens with one attached hydrogen (secondary N) is 1. The number of hydrogen-bond donors (Lipinski definition) is 1. The van der Waals surface area contributed by atoms with Crippen LogP contribution in [0, 0.1) is 0 Å². The van der Waals surface area contributed by atoms with Crippen LogP contribution in [-0.2, 0) is 6.42 Å². The largest absolute Gasteiger partial charge is 0.342 e. The van der Waals surface area contributed by atoms with Crippen LogP contribution >= 0.6 is 0 Å². The van der Waals surface area contributed by atoms with E-state index in [2.05, 4.69) is 16.9 Å². The zero-order valence-corrected chi connectivity index (χ0v) is 8.46. The van der Waals surface area contributed by atoms with Crippen molar-refractivity contribution < 1.29 is 1.43 Å². The minimum absolute atomic E-state index is 0. The van der Waals surface area contributed by atoms with Gasteiger partial charge in [-0.05, 0) is 12.1 Å². The Morgan fingerprint density at radius 3 is 2.62 bits per heavy atom. The molecule has 0 saturated carbocycles. The molecular weight excluding hydrogens is 160 g/mol. The molecule has 2 rings (SSSR count). The van der Waals surface area contributed by atoms with Gasteiger partial charge < -0.3 is 4.98 Å². The van der Waals surface area contributed by atoms with E-state index >= 15 is 0 Å². The maximum absolute atomic E-state index is 4.38. The molecular formula is C11H18N2. The van der Waals surface area contributed by atoms with Crippen LogP contribution in [0.5, 0.6) is 0 Å². The van der Waals surface area contributed by atoms with Gasteiger partial charge in [-0.15, -0.1) is 0 Å². The average molecular weight is 178 g/mol. The van der Waals surface area contributed by atoms with Crippen LogP contribution in [0.25, 0.3) is 11.0 Å². The van der Waals surface area contributed by atoms with Crippen molar-refractivity contribution in [2.45, 2.75) is 27.2 Å². The minimum Gasteiger partial charge on any atom is -0.342 e. The SMILES string of the molecule is CC.CCc1nc2ccccc2[nH]1.[HH]. The molecule has 0 fully saturated rings. The van der Waals surface area contributed by atoms with Crippen LogP contribution in [0.3, 0.4) is 0 Å². The summed E-state index contributed by atoms with van der Waals surface area (Å²) >= 11 is 0. The van der Waals surface area contributed by atoms with E-state index < -0.39 is 0 Å². The highest BCUT2D eigenvalue weighted by Crippen LogP contribution is 2.09. The number of H-pyrrole nitrogens is 1. The summed E-state index contributed by atoms with van der Waals surface area (Å²) in [7, 11) is 0. The molecule has 0 amide bonds. The molecule has 0 aliphatic rings. The minimum atomic E-state index is 0. The van der Waals surface area contributed by atoms with Crippen molar-refractivity contribution in [1.82, 2.24) is 9.97 Å². The monoisotopic (exact) mass is 178 g/mol. The fraction of sp³-hybridized carbons (Fsp3) is 0.364. The summed E-state index contributed by atoms with van der Waals surface area (Å²) in [6.07, 6.45) is 0.967. The molecule has 13 heavy (non-hydrogen) atoms. The second-order valence-corrected chi connectivity index (χ2v) is 2.55. The van der Waals surface area contributed by atoms with E-state index in [0.717, 1.165) is 23.3 Å². The summed E-state index contributed by atoms with van der Waals surface area (Å²) in [5.74, 6) is 1.06. The van der Waals surface area contributed by atoms with Crippen LogP contribution in [0.1, 0.15) is 28.0 Å². The molecule has 0 aliphatic heterocycles. The number of nitrogens with zero attached hydrogens (tertiary/aromatic N) is 1. The van der Waals surface area contributed by atoms with Gasteiger partial charge in [0.05, 0.1) is 11.0 Å². The Bertz CT molecular complexity index is 335. The van der Waals surface area contributed by atoms with Gasteiger partial charge in [0.25, 0.3) is 0 Å². The van der Waals surface area contributed by atoms with Crippen molar-refractivity contribution in [2.75, 3.05) is 0 Å². The zero-order chi connectivity index (χ0) is 9.68. The molecule has 0 bridgehead atoms. The molecule has 0 saturated heterocycles. The Morgan fingerprint density at radius 1 is 1.31 bits per heavy atom. The number of para-hydroxylation sites is 2. The third kappa shape index (κ3) is 2.08. The van der Waals surface area contributed by atoms with E-state index in [1.54, 1.807) is 0 Å². The number of aryl methyl sites for hydroxylation is 1. The molecule has 72 valence electrons.